The number of carbonyl (C=O) groups excluding carboxylic acids is 2. The number of alkyl halides is 3. The molecule has 0 radical (unpaired) electrons. The lowest BCUT2D eigenvalue weighted by Gasteiger charge is -2.18. The van der Waals surface area contributed by atoms with Gasteiger partial charge in [-0.3, -0.25) is 20.4 Å². The molecule has 0 atom stereocenters. The van der Waals surface area contributed by atoms with Crippen LogP contribution in [0.5, 0.6) is 11.5 Å². The van der Waals surface area contributed by atoms with Gasteiger partial charge in [-0.1, -0.05) is 0 Å². The van der Waals surface area contributed by atoms with Gasteiger partial charge < -0.3 is 9.47 Å². The molecule has 0 aromatic heterocycles. The minimum atomic E-state index is -4.95. The molecule has 0 aliphatic carbocycles. The first-order valence-electron chi connectivity index (χ1n) is 7.63. The van der Waals surface area contributed by atoms with Crippen LogP contribution in [-0.4, -0.2) is 25.0 Å². The van der Waals surface area contributed by atoms with E-state index in [1.165, 1.54) is 18.2 Å². The van der Waals surface area contributed by atoms with E-state index in [1.54, 1.807) is 0 Å². The van der Waals surface area contributed by atoms with Crippen molar-refractivity contribution in [2.75, 3.05) is 13.2 Å². The summed E-state index contributed by atoms with van der Waals surface area (Å²) in [4.78, 5) is 24.0. The molecule has 10 heteroatoms. The minimum Gasteiger partial charge on any atom is -0.486 e. The average Bonchev–Trinajstić information content (AvgIpc) is 2.64. The van der Waals surface area contributed by atoms with Gasteiger partial charge in [-0.05, 0) is 36.4 Å². The SMILES string of the molecule is O=C(NNC(=O)c1ccc(F)c(C(F)(F)F)c1)c1ccc2c(c1)OCCO2. The Hall–Kier alpha value is -3.30. The van der Waals surface area contributed by atoms with Crippen LogP contribution >= 0.6 is 0 Å². The summed E-state index contributed by atoms with van der Waals surface area (Å²) in [5, 5.41) is 0. The predicted octanol–water partition coefficient (Wildman–Crippen LogP) is 2.69. The molecule has 0 unspecified atom stereocenters. The van der Waals surface area contributed by atoms with Gasteiger partial charge in [0.2, 0.25) is 0 Å². The summed E-state index contributed by atoms with van der Waals surface area (Å²) in [5.74, 6) is -2.44. The maximum absolute atomic E-state index is 13.3. The Bertz CT molecular complexity index is 899. The van der Waals surface area contributed by atoms with E-state index in [1.807, 2.05) is 5.43 Å². The molecule has 27 heavy (non-hydrogen) atoms. The number of nitrogens with one attached hydrogen (secondary N) is 2. The van der Waals surface area contributed by atoms with E-state index < -0.39 is 34.9 Å². The average molecular weight is 384 g/mol. The number of fused-ring (bicyclic) bond motifs is 1. The van der Waals surface area contributed by atoms with Crippen molar-refractivity contribution in [3.8, 4) is 11.5 Å². The predicted molar refractivity (Wildman–Crippen MR) is 83.8 cm³/mol. The zero-order valence-corrected chi connectivity index (χ0v) is 13.5. The third-order valence-corrected chi connectivity index (χ3v) is 3.63. The Labute approximate surface area is 150 Å². The van der Waals surface area contributed by atoms with E-state index >= 15 is 0 Å². The molecule has 0 fully saturated rings. The quantitative estimate of drug-likeness (QED) is 0.617. The number of rotatable bonds is 2. The lowest BCUT2D eigenvalue weighted by Crippen LogP contribution is -2.41. The zero-order chi connectivity index (χ0) is 19.6. The van der Waals surface area contributed by atoms with Crippen LogP contribution in [0.3, 0.4) is 0 Å². The molecule has 0 saturated heterocycles. The Morgan fingerprint density at radius 3 is 2.04 bits per heavy atom. The number of carbonyl (C=O) groups is 2. The van der Waals surface area contributed by atoms with E-state index in [0.717, 1.165) is 6.07 Å². The summed E-state index contributed by atoms with van der Waals surface area (Å²) < 4.78 is 62.0. The molecule has 0 saturated carbocycles. The molecule has 2 amide bonds. The smallest absolute Gasteiger partial charge is 0.419 e. The van der Waals surface area contributed by atoms with Crippen LogP contribution in [0.4, 0.5) is 17.6 Å². The Morgan fingerprint density at radius 1 is 0.852 bits per heavy atom. The van der Waals surface area contributed by atoms with Crippen LogP contribution in [0, 0.1) is 5.82 Å². The molecule has 142 valence electrons. The highest BCUT2D eigenvalue weighted by Gasteiger charge is 2.34. The third kappa shape index (κ3) is 4.10. The summed E-state index contributed by atoms with van der Waals surface area (Å²) in [6.45, 7) is 0.701. The molecule has 2 aromatic rings. The van der Waals surface area contributed by atoms with Gasteiger partial charge in [0.15, 0.2) is 11.5 Å². The van der Waals surface area contributed by atoms with Gasteiger partial charge in [0.25, 0.3) is 11.8 Å². The Kier molecular flexibility index (Phi) is 4.89. The molecule has 3 rings (SSSR count). The van der Waals surface area contributed by atoms with E-state index in [9.17, 15) is 27.2 Å². The van der Waals surface area contributed by atoms with E-state index in [2.05, 4.69) is 5.43 Å². The first kappa shape index (κ1) is 18.5. The van der Waals surface area contributed by atoms with Crippen LogP contribution in [0.1, 0.15) is 26.3 Å². The summed E-state index contributed by atoms with van der Waals surface area (Å²) in [6, 6.07) is 6.10. The number of benzene rings is 2. The van der Waals surface area contributed by atoms with Crippen molar-refractivity contribution in [2.45, 2.75) is 6.18 Å². The molecule has 1 aliphatic heterocycles. The van der Waals surface area contributed by atoms with Crippen molar-refractivity contribution in [3.63, 3.8) is 0 Å². The molecule has 2 N–H and O–H groups in total. The van der Waals surface area contributed by atoms with Crippen LogP contribution in [0.2, 0.25) is 0 Å². The van der Waals surface area contributed by atoms with Gasteiger partial charge in [-0.2, -0.15) is 13.2 Å². The van der Waals surface area contributed by atoms with Gasteiger partial charge in [0, 0.05) is 11.1 Å². The van der Waals surface area contributed by atoms with Gasteiger partial charge in [-0.15, -0.1) is 0 Å². The normalized spacial score (nSPS) is 13.0. The first-order valence-corrected chi connectivity index (χ1v) is 7.63. The fourth-order valence-electron chi connectivity index (χ4n) is 2.33. The Morgan fingerprint density at radius 2 is 1.41 bits per heavy atom. The third-order valence-electron chi connectivity index (χ3n) is 3.63. The van der Waals surface area contributed by atoms with Crippen LogP contribution < -0.4 is 20.3 Å². The fourth-order valence-corrected chi connectivity index (χ4v) is 2.33. The van der Waals surface area contributed by atoms with Crippen LogP contribution in [0.15, 0.2) is 36.4 Å². The topological polar surface area (TPSA) is 76.7 Å². The van der Waals surface area contributed by atoms with E-state index in [4.69, 9.17) is 9.47 Å². The van der Waals surface area contributed by atoms with Crippen molar-refractivity contribution < 1.29 is 36.6 Å². The second kappa shape index (κ2) is 7.14. The fraction of sp³-hybridized carbons (Fsp3) is 0.176. The molecular formula is C17H12F4N2O4. The number of halogens is 4. The minimum absolute atomic E-state index is 0.134. The summed E-state index contributed by atoms with van der Waals surface area (Å²) in [7, 11) is 0. The number of amides is 2. The van der Waals surface area contributed by atoms with Crippen molar-refractivity contribution >= 4 is 11.8 Å². The second-order valence-electron chi connectivity index (χ2n) is 5.46. The van der Waals surface area contributed by atoms with E-state index in [-0.39, 0.29) is 5.56 Å². The highest BCUT2D eigenvalue weighted by molar-refractivity contribution is 5.99. The first-order chi connectivity index (χ1) is 12.8. The highest BCUT2D eigenvalue weighted by atomic mass is 19.4. The maximum Gasteiger partial charge on any atom is 0.419 e. The van der Waals surface area contributed by atoms with Crippen molar-refractivity contribution in [2.24, 2.45) is 0 Å². The van der Waals surface area contributed by atoms with Crippen molar-refractivity contribution in [1.29, 1.82) is 0 Å². The van der Waals surface area contributed by atoms with Crippen molar-refractivity contribution in [3.05, 3.63) is 58.9 Å². The number of hydrazine groups is 1. The van der Waals surface area contributed by atoms with Gasteiger partial charge in [0.1, 0.15) is 19.0 Å². The molecule has 1 aliphatic rings. The molecule has 0 bridgehead atoms. The van der Waals surface area contributed by atoms with Gasteiger partial charge in [-0.25, -0.2) is 4.39 Å². The van der Waals surface area contributed by atoms with Crippen LogP contribution in [0.25, 0.3) is 0 Å². The number of hydrogen-bond donors (Lipinski definition) is 2. The monoisotopic (exact) mass is 384 g/mol. The standard InChI is InChI=1S/C17H12F4N2O4/c18-12-3-1-9(7-11(12)17(19,20)21)15(24)22-23-16(25)10-2-4-13-14(8-10)27-6-5-26-13/h1-4,7-8H,5-6H2,(H,22,24)(H,23,25). The Balaban J connectivity index is 1.68. The molecular weight excluding hydrogens is 372 g/mol. The maximum atomic E-state index is 13.3. The lowest BCUT2D eigenvalue weighted by atomic mass is 10.1. The number of hydrogen-bond acceptors (Lipinski definition) is 4. The molecule has 1 heterocycles. The lowest BCUT2D eigenvalue weighted by molar-refractivity contribution is -0.140. The molecule has 6 nitrogen and oxygen atoms in total. The largest absolute Gasteiger partial charge is 0.486 e. The zero-order valence-electron chi connectivity index (χ0n) is 13.5. The summed E-state index contributed by atoms with van der Waals surface area (Å²) >= 11 is 0. The second-order valence-corrected chi connectivity index (χ2v) is 5.46. The summed E-state index contributed by atoms with van der Waals surface area (Å²) in [6.07, 6.45) is -4.95. The van der Waals surface area contributed by atoms with E-state index in [0.29, 0.717) is 36.8 Å². The number of ether oxygens (including phenoxy) is 2. The highest BCUT2D eigenvalue weighted by Crippen LogP contribution is 2.32. The van der Waals surface area contributed by atoms with Crippen molar-refractivity contribution in [1.82, 2.24) is 10.9 Å². The summed E-state index contributed by atoms with van der Waals surface area (Å²) in [5.41, 5.74) is 2.13. The molecule has 0 spiro atoms. The van der Waals surface area contributed by atoms with Gasteiger partial charge >= 0.3 is 6.18 Å². The molecule has 2 aromatic carbocycles. The van der Waals surface area contributed by atoms with Gasteiger partial charge in [0.05, 0.1) is 5.56 Å². The van der Waals surface area contributed by atoms with Crippen LogP contribution in [-0.2, 0) is 6.18 Å².